The Hall–Kier alpha value is -3.35. The van der Waals surface area contributed by atoms with Gasteiger partial charge in [0.05, 0.1) is 5.56 Å². The van der Waals surface area contributed by atoms with Gasteiger partial charge in [0.15, 0.2) is 0 Å². The summed E-state index contributed by atoms with van der Waals surface area (Å²) in [5.74, 6) is 0.0906. The van der Waals surface area contributed by atoms with Gasteiger partial charge in [-0.1, -0.05) is 30.3 Å². The topological polar surface area (TPSA) is 68.0 Å². The van der Waals surface area contributed by atoms with Gasteiger partial charge >= 0.3 is 6.18 Å². The van der Waals surface area contributed by atoms with Crippen molar-refractivity contribution in [2.24, 2.45) is 0 Å². The molecule has 0 atom stereocenters. The van der Waals surface area contributed by atoms with Gasteiger partial charge in [-0.25, -0.2) is 4.98 Å². The molecule has 0 radical (unpaired) electrons. The van der Waals surface area contributed by atoms with Crippen LogP contribution < -0.4 is 11.1 Å². The maximum absolute atomic E-state index is 13.0. The van der Waals surface area contributed by atoms with E-state index in [1.165, 1.54) is 19.1 Å². The highest BCUT2D eigenvalue weighted by atomic mass is 19.4. The first-order valence-electron chi connectivity index (χ1n) is 9.01. The minimum absolute atomic E-state index is 0.115. The number of carbonyl (C=O) groups is 1. The molecular weight excluding hydrogens is 379 g/mol. The quantitative estimate of drug-likeness (QED) is 0.617. The van der Waals surface area contributed by atoms with Gasteiger partial charge in [-0.05, 0) is 54.3 Å². The number of nitrogens with one attached hydrogen (secondary N) is 1. The van der Waals surface area contributed by atoms with Gasteiger partial charge in [-0.15, -0.1) is 0 Å². The number of carbonyl (C=O) groups excluding carboxylic acids is 1. The number of nitrogens with two attached hydrogens (primary N) is 1. The van der Waals surface area contributed by atoms with E-state index in [4.69, 9.17) is 5.73 Å². The fourth-order valence-electron chi connectivity index (χ4n) is 2.97. The summed E-state index contributed by atoms with van der Waals surface area (Å²) in [6.07, 6.45) is -2.17. The molecule has 4 nitrogen and oxygen atoms in total. The number of hydrogen-bond acceptors (Lipinski definition) is 3. The second kappa shape index (κ2) is 8.34. The van der Waals surface area contributed by atoms with Crippen molar-refractivity contribution in [2.45, 2.75) is 25.9 Å². The highest BCUT2D eigenvalue weighted by Crippen LogP contribution is 2.33. The summed E-state index contributed by atoms with van der Waals surface area (Å²) < 4.78 is 39.0. The monoisotopic (exact) mass is 399 g/mol. The van der Waals surface area contributed by atoms with Crippen molar-refractivity contribution in [1.29, 1.82) is 0 Å². The van der Waals surface area contributed by atoms with Crippen LogP contribution in [0, 0.1) is 6.92 Å². The molecule has 7 heteroatoms. The molecule has 0 bridgehead atoms. The molecule has 1 heterocycles. The first kappa shape index (κ1) is 20.4. The smallest absolute Gasteiger partial charge is 0.384 e. The fraction of sp³-hybridized carbons (Fsp3) is 0.182. The number of halogens is 3. The number of aryl methyl sites for hydroxylation is 2. The second-order valence-electron chi connectivity index (χ2n) is 6.75. The Morgan fingerprint density at radius 2 is 1.86 bits per heavy atom. The summed E-state index contributed by atoms with van der Waals surface area (Å²) in [6, 6.07) is 15.0. The number of aromatic nitrogens is 1. The van der Waals surface area contributed by atoms with Crippen molar-refractivity contribution in [3.8, 4) is 11.1 Å². The fourth-order valence-corrected chi connectivity index (χ4v) is 2.97. The molecule has 0 aliphatic heterocycles. The molecule has 1 amide bonds. The van der Waals surface area contributed by atoms with Crippen molar-refractivity contribution in [3.05, 3.63) is 77.5 Å². The van der Waals surface area contributed by atoms with Crippen molar-refractivity contribution in [2.75, 3.05) is 11.1 Å². The zero-order valence-corrected chi connectivity index (χ0v) is 15.8. The predicted molar refractivity (Wildman–Crippen MR) is 107 cm³/mol. The number of hydrogen-bond donors (Lipinski definition) is 2. The lowest BCUT2D eigenvalue weighted by Crippen LogP contribution is -2.14. The third-order valence-corrected chi connectivity index (χ3v) is 4.51. The van der Waals surface area contributed by atoms with E-state index in [1.54, 1.807) is 12.3 Å². The Bertz CT molecular complexity index is 1010. The Morgan fingerprint density at radius 1 is 1.07 bits per heavy atom. The van der Waals surface area contributed by atoms with Gasteiger partial charge in [0.2, 0.25) is 5.91 Å². The largest absolute Gasteiger partial charge is 0.416 e. The number of nitrogens with zero attached hydrogens (tertiary/aromatic N) is 1. The van der Waals surface area contributed by atoms with Crippen LogP contribution in [0.1, 0.15) is 23.1 Å². The molecule has 0 spiro atoms. The van der Waals surface area contributed by atoms with Crippen LogP contribution in [0.25, 0.3) is 11.1 Å². The Morgan fingerprint density at radius 3 is 2.55 bits per heavy atom. The van der Waals surface area contributed by atoms with Crippen LogP contribution in [-0.2, 0) is 17.4 Å². The van der Waals surface area contributed by atoms with Crippen LogP contribution in [0.15, 0.2) is 60.8 Å². The number of amides is 1. The standard InChI is InChI=1S/C22H20F3N3O/c1-14-5-8-18(12-19(14)22(23,24)25)28-21(29)10-6-15-3-2-4-16(11-15)17-7-9-20(26)27-13-17/h2-5,7-9,11-13H,6,10H2,1H3,(H2,26,27)(H,28,29). The van der Waals surface area contributed by atoms with E-state index in [0.717, 1.165) is 22.8 Å². The summed E-state index contributed by atoms with van der Waals surface area (Å²) in [5, 5.41) is 2.54. The third-order valence-electron chi connectivity index (χ3n) is 4.51. The van der Waals surface area contributed by atoms with Gasteiger partial charge in [0.25, 0.3) is 0 Å². The first-order chi connectivity index (χ1) is 13.7. The number of nitrogen functional groups attached to an aromatic ring is 1. The Kier molecular flexibility index (Phi) is 5.87. The van der Waals surface area contributed by atoms with E-state index >= 15 is 0 Å². The Labute approximate surface area is 166 Å². The summed E-state index contributed by atoms with van der Waals surface area (Å²) in [5.41, 5.74) is 7.90. The molecule has 3 rings (SSSR count). The van der Waals surface area contributed by atoms with E-state index in [9.17, 15) is 18.0 Å². The molecule has 0 saturated carbocycles. The molecular formula is C22H20F3N3O. The second-order valence-corrected chi connectivity index (χ2v) is 6.75. The van der Waals surface area contributed by atoms with E-state index in [1.807, 2.05) is 30.3 Å². The van der Waals surface area contributed by atoms with Crippen LogP contribution in [0.5, 0.6) is 0 Å². The molecule has 150 valence electrons. The Balaban J connectivity index is 1.64. The molecule has 1 aromatic heterocycles. The number of benzene rings is 2. The zero-order valence-electron chi connectivity index (χ0n) is 15.8. The SMILES string of the molecule is Cc1ccc(NC(=O)CCc2cccc(-c3ccc(N)nc3)c2)cc1C(F)(F)F. The van der Waals surface area contributed by atoms with Gasteiger partial charge < -0.3 is 11.1 Å². The third kappa shape index (κ3) is 5.34. The highest BCUT2D eigenvalue weighted by Gasteiger charge is 2.32. The average molecular weight is 399 g/mol. The van der Waals surface area contributed by atoms with Gasteiger partial charge in [-0.2, -0.15) is 13.2 Å². The van der Waals surface area contributed by atoms with Crippen molar-refractivity contribution < 1.29 is 18.0 Å². The van der Waals surface area contributed by atoms with Crippen molar-refractivity contribution in [1.82, 2.24) is 4.98 Å². The minimum Gasteiger partial charge on any atom is -0.384 e. The number of pyridine rings is 1. The number of rotatable bonds is 5. The van der Waals surface area contributed by atoms with Crippen LogP contribution >= 0.6 is 0 Å². The first-order valence-corrected chi connectivity index (χ1v) is 9.01. The van der Waals surface area contributed by atoms with Crippen molar-refractivity contribution in [3.63, 3.8) is 0 Å². The number of anilines is 2. The zero-order chi connectivity index (χ0) is 21.0. The molecule has 3 aromatic rings. The van der Waals surface area contributed by atoms with Gasteiger partial charge in [0.1, 0.15) is 5.82 Å². The van der Waals surface area contributed by atoms with Gasteiger partial charge in [-0.3, -0.25) is 4.79 Å². The van der Waals surface area contributed by atoms with E-state index in [0.29, 0.717) is 12.2 Å². The summed E-state index contributed by atoms with van der Waals surface area (Å²) in [7, 11) is 0. The van der Waals surface area contributed by atoms with Crippen LogP contribution in [0.4, 0.5) is 24.7 Å². The minimum atomic E-state index is -4.46. The lowest BCUT2D eigenvalue weighted by atomic mass is 10.0. The molecule has 29 heavy (non-hydrogen) atoms. The maximum Gasteiger partial charge on any atom is 0.416 e. The molecule has 0 fully saturated rings. The molecule has 0 aliphatic rings. The number of alkyl halides is 3. The lowest BCUT2D eigenvalue weighted by Gasteiger charge is -2.13. The normalized spacial score (nSPS) is 11.3. The van der Waals surface area contributed by atoms with E-state index < -0.39 is 11.7 Å². The molecule has 0 saturated heterocycles. The van der Waals surface area contributed by atoms with Gasteiger partial charge in [0, 0.05) is 23.9 Å². The maximum atomic E-state index is 13.0. The van der Waals surface area contributed by atoms with E-state index in [-0.39, 0.29) is 23.6 Å². The van der Waals surface area contributed by atoms with Crippen LogP contribution in [0.3, 0.4) is 0 Å². The summed E-state index contributed by atoms with van der Waals surface area (Å²) >= 11 is 0. The van der Waals surface area contributed by atoms with Crippen LogP contribution in [-0.4, -0.2) is 10.9 Å². The molecule has 3 N–H and O–H groups in total. The lowest BCUT2D eigenvalue weighted by molar-refractivity contribution is -0.138. The van der Waals surface area contributed by atoms with Crippen molar-refractivity contribution >= 4 is 17.4 Å². The summed E-state index contributed by atoms with van der Waals surface area (Å²) in [4.78, 5) is 16.3. The molecule has 2 aromatic carbocycles. The molecule has 0 unspecified atom stereocenters. The molecule has 0 aliphatic carbocycles. The summed E-state index contributed by atoms with van der Waals surface area (Å²) in [6.45, 7) is 1.39. The highest BCUT2D eigenvalue weighted by molar-refractivity contribution is 5.91. The van der Waals surface area contributed by atoms with Crippen LogP contribution in [0.2, 0.25) is 0 Å². The average Bonchev–Trinajstić information content (AvgIpc) is 2.68. The van der Waals surface area contributed by atoms with E-state index in [2.05, 4.69) is 10.3 Å². The predicted octanol–water partition coefficient (Wildman–Crippen LogP) is 5.23.